The van der Waals surface area contributed by atoms with E-state index in [0.29, 0.717) is 12.0 Å². The van der Waals surface area contributed by atoms with Crippen LogP contribution in [0.25, 0.3) is 22.3 Å². The summed E-state index contributed by atoms with van der Waals surface area (Å²) in [6.45, 7) is 7.68. The lowest BCUT2D eigenvalue weighted by molar-refractivity contribution is -0.138. The molecule has 0 atom stereocenters. The molecule has 0 aliphatic carbocycles. The number of aryl methyl sites for hydroxylation is 1. The third-order valence-corrected chi connectivity index (χ3v) is 5.90. The molecule has 3 aromatic carbocycles. The van der Waals surface area contributed by atoms with Gasteiger partial charge in [-0.2, -0.15) is 0 Å². The van der Waals surface area contributed by atoms with Crippen molar-refractivity contribution in [3.8, 4) is 22.3 Å². The molecule has 0 spiro atoms. The molecule has 33 heavy (non-hydrogen) atoms. The van der Waals surface area contributed by atoms with Crippen molar-refractivity contribution < 1.29 is 14.6 Å². The van der Waals surface area contributed by atoms with E-state index in [1.807, 2.05) is 12.1 Å². The van der Waals surface area contributed by atoms with Gasteiger partial charge in [0.1, 0.15) is 0 Å². The summed E-state index contributed by atoms with van der Waals surface area (Å²) in [6.07, 6.45) is 5.47. The van der Waals surface area contributed by atoms with Crippen LogP contribution in [0.4, 0.5) is 0 Å². The lowest BCUT2D eigenvalue weighted by atomic mass is 9.95. The number of hydrogen-bond donors (Lipinski definition) is 1. The summed E-state index contributed by atoms with van der Waals surface area (Å²) in [7, 11) is 0. The normalized spacial score (nSPS) is 10.8. The van der Waals surface area contributed by atoms with Crippen LogP contribution in [0, 0.1) is 0 Å². The van der Waals surface area contributed by atoms with Gasteiger partial charge in [0.05, 0.1) is 13.2 Å². The molecule has 0 aliphatic rings. The number of rotatable bonds is 11. The number of carbonyl (C=O) groups excluding carboxylic acids is 1. The topological polar surface area (TPSA) is 46.5 Å². The van der Waals surface area contributed by atoms with Crippen molar-refractivity contribution in [2.45, 2.75) is 52.6 Å². The van der Waals surface area contributed by atoms with Crippen molar-refractivity contribution in [2.24, 2.45) is 0 Å². The van der Waals surface area contributed by atoms with Gasteiger partial charge in [0, 0.05) is 12.0 Å². The first-order valence-corrected chi connectivity index (χ1v) is 11.8. The van der Waals surface area contributed by atoms with Gasteiger partial charge in [0.15, 0.2) is 0 Å². The Morgan fingerprint density at radius 3 is 1.97 bits per heavy atom. The van der Waals surface area contributed by atoms with Crippen LogP contribution in [0.1, 0.15) is 49.8 Å². The van der Waals surface area contributed by atoms with E-state index in [9.17, 15) is 9.90 Å². The average molecular weight is 443 g/mol. The Labute approximate surface area is 197 Å². The summed E-state index contributed by atoms with van der Waals surface area (Å²) in [6, 6.07) is 23.5. The number of aliphatic hydroxyl groups excluding tert-OH is 1. The highest BCUT2D eigenvalue weighted by Gasteiger charge is 2.08. The molecule has 0 fully saturated rings. The van der Waals surface area contributed by atoms with Crippen LogP contribution in [0.3, 0.4) is 0 Å². The van der Waals surface area contributed by atoms with E-state index in [4.69, 9.17) is 4.74 Å². The molecule has 0 saturated carbocycles. The van der Waals surface area contributed by atoms with Gasteiger partial charge in [-0.25, -0.2) is 4.79 Å². The molecule has 172 valence electrons. The van der Waals surface area contributed by atoms with Crippen molar-refractivity contribution in [2.75, 3.05) is 6.61 Å². The lowest BCUT2D eigenvalue weighted by Gasteiger charge is -2.12. The summed E-state index contributed by atoms with van der Waals surface area (Å²) in [5.41, 5.74) is 8.21. The van der Waals surface area contributed by atoms with Crippen molar-refractivity contribution in [3.05, 3.63) is 95.6 Å². The van der Waals surface area contributed by atoms with Crippen molar-refractivity contribution >= 4 is 5.97 Å². The molecule has 0 aromatic heterocycles. The second-order valence-electron chi connectivity index (χ2n) is 8.54. The van der Waals surface area contributed by atoms with Crippen LogP contribution in [0.5, 0.6) is 0 Å². The van der Waals surface area contributed by atoms with E-state index in [1.54, 1.807) is 6.92 Å². The highest BCUT2D eigenvalue weighted by molar-refractivity contribution is 5.86. The molecule has 1 N–H and O–H groups in total. The van der Waals surface area contributed by atoms with Gasteiger partial charge in [0.2, 0.25) is 0 Å². The second kappa shape index (κ2) is 12.2. The van der Waals surface area contributed by atoms with Crippen LogP contribution in [-0.2, 0) is 29.0 Å². The molecular formula is C30H34O3. The van der Waals surface area contributed by atoms with Crippen molar-refractivity contribution in [3.63, 3.8) is 0 Å². The minimum atomic E-state index is -0.388. The Morgan fingerprint density at radius 2 is 1.39 bits per heavy atom. The quantitative estimate of drug-likeness (QED) is 0.199. The maximum absolute atomic E-state index is 11.6. The number of esters is 1. The molecule has 0 bridgehead atoms. The van der Waals surface area contributed by atoms with Gasteiger partial charge in [-0.15, -0.1) is 0 Å². The third-order valence-electron chi connectivity index (χ3n) is 5.90. The van der Waals surface area contributed by atoms with Crippen LogP contribution < -0.4 is 0 Å². The Balaban J connectivity index is 1.70. The Kier molecular flexibility index (Phi) is 9.03. The highest BCUT2D eigenvalue weighted by atomic mass is 16.5. The highest BCUT2D eigenvalue weighted by Crippen LogP contribution is 2.27. The number of benzene rings is 3. The average Bonchev–Trinajstić information content (AvgIpc) is 2.84. The number of hydrogen-bond acceptors (Lipinski definition) is 3. The first kappa shape index (κ1) is 24.5. The van der Waals surface area contributed by atoms with Gasteiger partial charge in [-0.05, 0) is 58.7 Å². The van der Waals surface area contributed by atoms with Gasteiger partial charge in [0.25, 0.3) is 0 Å². The van der Waals surface area contributed by atoms with Crippen LogP contribution >= 0.6 is 0 Å². The van der Waals surface area contributed by atoms with Crippen molar-refractivity contribution in [1.82, 2.24) is 0 Å². The standard InChI is InChI=1S/C30H34O3/c1-4-5-6-7-23-8-10-24(11-9-23)25-12-14-26(15-13-25)27-16-17-29(21-31)28(20-27)18-19-33-30(32)22(2)3/h8-17,20,31H,2,4-7,18-19,21H2,1,3H3. The van der Waals surface area contributed by atoms with E-state index in [-0.39, 0.29) is 19.2 Å². The monoisotopic (exact) mass is 442 g/mol. The van der Waals surface area contributed by atoms with Gasteiger partial charge < -0.3 is 9.84 Å². The molecule has 0 saturated heterocycles. The molecular weight excluding hydrogens is 408 g/mol. The second-order valence-corrected chi connectivity index (χ2v) is 8.54. The van der Waals surface area contributed by atoms with E-state index in [0.717, 1.165) is 28.7 Å². The Bertz CT molecular complexity index is 1060. The number of aliphatic hydroxyl groups is 1. The fraction of sp³-hybridized carbons (Fsp3) is 0.300. The molecule has 3 heteroatoms. The molecule has 0 radical (unpaired) electrons. The fourth-order valence-corrected chi connectivity index (χ4v) is 3.87. The zero-order chi connectivity index (χ0) is 23.6. The first-order valence-electron chi connectivity index (χ1n) is 11.8. The molecule has 3 nitrogen and oxygen atoms in total. The smallest absolute Gasteiger partial charge is 0.333 e. The summed E-state index contributed by atoms with van der Waals surface area (Å²) in [5.74, 6) is -0.388. The maximum atomic E-state index is 11.6. The molecule has 0 amide bonds. The zero-order valence-corrected chi connectivity index (χ0v) is 19.8. The number of carbonyl (C=O) groups is 1. The SMILES string of the molecule is C=C(C)C(=O)OCCc1cc(-c2ccc(-c3ccc(CCCCC)cc3)cc2)ccc1CO. The molecule has 0 heterocycles. The predicted molar refractivity (Wildman–Crippen MR) is 136 cm³/mol. The van der Waals surface area contributed by atoms with E-state index >= 15 is 0 Å². The van der Waals surface area contributed by atoms with Gasteiger partial charge >= 0.3 is 5.97 Å². The minimum absolute atomic E-state index is 0.0442. The summed E-state index contributed by atoms with van der Waals surface area (Å²) < 4.78 is 5.23. The van der Waals surface area contributed by atoms with E-state index in [2.05, 4.69) is 68.1 Å². The molecule has 3 aromatic rings. The molecule has 0 aliphatic heterocycles. The zero-order valence-electron chi connectivity index (χ0n) is 19.8. The number of ether oxygens (including phenoxy) is 1. The third kappa shape index (κ3) is 6.90. The van der Waals surface area contributed by atoms with Crippen molar-refractivity contribution in [1.29, 1.82) is 0 Å². The summed E-state index contributed by atoms with van der Waals surface area (Å²) >= 11 is 0. The maximum Gasteiger partial charge on any atom is 0.333 e. The Hall–Kier alpha value is -3.17. The first-order chi connectivity index (χ1) is 16.0. The summed E-state index contributed by atoms with van der Waals surface area (Å²) in [5, 5.41) is 9.70. The van der Waals surface area contributed by atoms with Crippen LogP contribution in [-0.4, -0.2) is 17.7 Å². The largest absolute Gasteiger partial charge is 0.462 e. The van der Waals surface area contributed by atoms with Gasteiger partial charge in [-0.3, -0.25) is 0 Å². The fourth-order valence-electron chi connectivity index (χ4n) is 3.87. The Morgan fingerprint density at radius 1 is 0.818 bits per heavy atom. The van der Waals surface area contributed by atoms with E-state index in [1.165, 1.54) is 36.0 Å². The molecule has 0 unspecified atom stereocenters. The van der Waals surface area contributed by atoms with Crippen LogP contribution in [0.2, 0.25) is 0 Å². The summed E-state index contributed by atoms with van der Waals surface area (Å²) in [4.78, 5) is 11.6. The van der Waals surface area contributed by atoms with Gasteiger partial charge in [-0.1, -0.05) is 93.1 Å². The van der Waals surface area contributed by atoms with Crippen LogP contribution in [0.15, 0.2) is 78.9 Å². The molecule has 3 rings (SSSR count). The number of unbranched alkanes of at least 4 members (excludes halogenated alkanes) is 2. The van der Waals surface area contributed by atoms with E-state index < -0.39 is 0 Å². The minimum Gasteiger partial charge on any atom is -0.462 e. The lowest BCUT2D eigenvalue weighted by Crippen LogP contribution is -2.09. The predicted octanol–water partition coefficient (Wildman–Crippen LogP) is 6.91.